The van der Waals surface area contributed by atoms with Crippen LogP contribution in [0.1, 0.15) is 12.5 Å². The third kappa shape index (κ3) is 3.35. The van der Waals surface area contributed by atoms with Gasteiger partial charge in [-0.2, -0.15) is 0 Å². The standard InChI is InChI=1S/C15H15N3O2/c1-11(18-20)13-9-5-6-10-14(13)17-15(19)16-12-7-3-2-4-8-12/h2-10,20H,1H3,(H2,16,17,19)/b18-11+. The first kappa shape index (κ1) is 13.6. The molecule has 0 aliphatic heterocycles. The van der Waals surface area contributed by atoms with Crippen LogP contribution in [0.15, 0.2) is 59.8 Å². The normalized spacial score (nSPS) is 10.9. The Morgan fingerprint density at radius 1 is 1.00 bits per heavy atom. The molecule has 5 heteroatoms. The van der Waals surface area contributed by atoms with Crippen LogP contribution in [-0.2, 0) is 0 Å². The Kier molecular flexibility index (Phi) is 4.34. The fraction of sp³-hybridized carbons (Fsp3) is 0.0667. The number of hydrogen-bond donors (Lipinski definition) is 3. The fourth-order valence-corrected chi connectivity index (χ4v) is 1.77. The number of para-hydroxylation sites is 2. The van der Waals surface area contributed by atoms with Crippen molar-refractivity contribution in [1.82, 2.24) is 0 Å². The summed E-state index contributed by atoms with van der Waals surface area (Å²) in [5.41, 5.74) is 2.38. The van der Waals surface area contributed by atoms with Gasteiger partial charge in [-0.15, -0.1) is 0 Å². The number of carbonyl (C=O) groups is 1. The molecule has 0 atom stereocenters. The molecular formula is C15H15N3O2. The summed E-state index contributed by atoms with van der Waals surface area (Å²) in [5, 5.41) is 17.5. The van der Waals surface area contributed by atoms with Crippen molar-refractivity contribution in [1.29, 1.82) is 0 Å². The lowest BCUT2D eigenvalue weighted by Crippen LogP contribution is -2.20. The fourth-order valence-electron chi connectivity index (χ4n) is 1.77. The van der Waals surface area contributed by atoms with E-state index < -0.39 is 0 Å². The third-order valence-corrected chi connectivity index (χ3v) is 2.75. The summed E-state index contributed by atoms with van der Waals surface area (Å²) in [6.07, 6.45) is 0. The van der Waals surface area contributed by atoms with E-state index in [0.29, 0.717) is 22.6 Å². The van der Waals surface area contributed by atoms with Crippen molar-refractivity contribution in [3.8, 4) is 0 Å². The Morgan fingerprint density at radius 3 is 2.35 bits per heavy atom. The molecule has 2 rings (SSSR count). The molecule has 0 spiro atoms. The van der Waals surface area contributed by atoms with E-state index >= 15 is 0 Å². The molecule has 102 valence electrons. The van der Waals surface area contributed by atoms with Crippen molar-refractivity contribution in [3.63, 3.8) is 0 Å². The van der Waals surface area contributed by atoms with Crippen LogP contribution in [0.3, 0.4) is 0 Å². The van der Waals surface area contributed by atoms with Crippen LogP contribution in [0.5, 0.6) is 0 Å². The van der Waals surface area contributed by atoms with Crippen molar-refractivity contribution < 1.29 is 10.0 Å². The van der Waals surface area contributed by atoms with Gasteiger partial charge in [0.05, 0.1) is 11.4 Å². The highest BCUT2D eigenvalue weighted by atomic mass is 16.4. The molecule has 0 unspecified atom stereocenters. The van der Waals surface area contributed by atoms with Crippen LogP contribution in [0.25, 0.3) is 0 Å². The Balaban J connectivity index is 2.12. The number of amides is 2. The second-order valence-corrected chi connectivity index (χ2v) is 4.18. The minimum atomic E-state index is -0.352. The van der Waals surface area contributed by atoms with Gasteiger partial charge in [0.15, 0.2) is 0 Å². The lowest BCUT2D eigenvalue weighted by atomic mass is 10.1. The number of nitrogens with zero attached hydrogens (tertiary/aromatic N) is 1. The van der Waals surface area contributed by atoms with E-state index in [1.807, 2.05) is 24.3 Å². The number of benzene rings is 2. The van der Waals surface area contributed by atoms with Crippen LogP contribution in [0.2, 0.25) is 0 Å². The van der Waals surface area contributed by atoms with Crippen LogP contribution in [0.4, 0.5) is 16.2 Å². The Labute approximate surface area is 116 Å². The topological polar surface area (TPSA) is 73.7 Å². The van der Waals surface area contributed by atoms with Crippen LogP contribution in [0, 0.1) is 0 Å². The number of hydrogen-bond acceptors (Lipinski definition) is 3. The minimum absolute atomic E-state index is 0.352. The van der Waals surface area contributed by atoms with Gasteiger partial charge < -0.3 is 15.8 Å². The molecule has 2 aromatic rings. The van der Waals surface area contributed by atoms with Crippen molar-refractivity contribution >= 4 is 23.1 Å². The molecule has 2 amide bonds. The molecule has 3 N–H and O–H groups in total. The first-order chi connectivity index (χ1) is 9.70. The molecule has 0 aliphatic carbocycles. The average Bonchev–Trinajstić information content (AvgIpc) is 2.48. The summed E-state index contributed by atoms with van der Waals surface area (Å²) in [7, 11) is 0. The van der Waals surface area contributed by atoms with Crippen molar-refractivity contribution in [3.05, 3.63) is 60.2 Å². The monoisotopic (exact) mass is 269 g/mol. The van der Waals surface area contributed by atoms with Gasteiger partial charge in [0.25, 0.3) is 0 Å². The van der Waals surface area contributed by atoms with Crippen LogP contribution >= 0.6 is 0 Å². The number of nitrogens with one attached hydrogen (secondary N) is 2. The largest absolute Gasteiger partial charge is 0.411 e. The number of rotatable bonds is 3. The van der Waals surface area contributed by atoms with Gasteiger partial charge in [-0.3, -0.25) is 0 Å². The summed E-state index contributed by atoms with van der Waals surface area (Å²) in [6.45, 7) is 1.66. The van der Waals surface area contributed by atoms with E-state index in [1.165, 1.54) is 0 Å². The van der Waals surface area contributed by atoms with E-state index in [0.717, 1.165) is 0 Å². The van der Waals surface area contributed by atoms with Crippen LogP contribution in [-0.4, -0.2) is 17.0 Å². The molecule has 2 aromatic carbocycles. The maximum absolute atomic E-state index is 11.9. The highest BCUT2D eigenvalue weighted by molar-refractivity contribution is 6.08. The molecule has 0 saturated heterocycles. The van der Waals surface area contributed by atoms with Crippen molar-refractivity contribution in [2.24, 2.45) is 5.16 Å². The van der Waals surface area contributed by atoms with E-state index in [1.54, 1.807) is 37.3 Å². The van der Waals surface area contributed by atoms with Gasteiger partial charge in [0.1, 0.15) is 0 Å². The maximum atomic E-state index is 11.9. The lowest BCUT2D eigenvalue weighted by molar-refractivity contribution is 0.262. The van der Waals surface area contributed by atoms with Crippen molar-refractivity contribution in [2.75, 3.05) is 10.6 Å². The quantitative estimate of drug-likeness (QED) is 0.453. The minimum Gasteiger partial charge on any atom is -0.411 e. The zero-order chi connectivity index (χ0) is 14.4. The molecular weight excluding hydrogens is 254 g/mol. The summed E-state index contributed by atoms with van der Waals surface area (Å²) in [4.78, 5) is 11.9. The summed E-state index contributed by atoms with van der Waals surface area (Å²) in [6, 6.07) is 15.9. The summed E-state index contributed by atoms with van der Waals surface area (Å²) < 4.78 is 0. The Morgan fingerprint density at radius 2 is 1.65 bits per heavy atom. The first-order valence-corrected chi connectivity index (χ1v) is 6.12. The molecule has 0 saturated carbocycles. The Hall–Kier alpha value is -2.82. The molecule has 20 heavy (non-hydrogen) atoms. The van der Waals surface area contributed by atoms with Crippen LogP contribution < -0.4 is 10.6 Å². The van der Waals surface area contributed by atoms with Gasteiger partial charge in [0, 0.05) is 11.3 Å². The number of urea groups is 1. The smallest absolute Gasteiger partial charge is 0.323 e. The summed E-state index contributed by atoms with van der Waals surface area (Å²) >= 11 is 0. The lowest BCUT2D eigenvalue weighted by Gasteiger charge is -2.11. The molecule has 0 bridgehead atoms. The molecule has 0 heterocycles. The zero-order valence-corrected chi connectivity index (χ0v) is 11.0. The van der Waals surface area contributed by atoms with E-state index in [9.17, 15) is 4.79 Å². The Bertz CT molecular complexity index is 624. The highest BCUT2D eigenvalue weighted by Gasteiger charge is 2.08. The van der Waals surface area contributed by atoms with Crippen molar-refractivity contribution in [2.45, 2.75) is 6.92 Å². The van der Waals surface area contributed by atoms with Gasteiger partial charge >= 0.3 is 6.03 Å². The average molecular weight is 269 g/mol. The van der Waals surface area contributed by atoms with Gasteiger partial charge in [-0.1, -0.05) is 41.6 Å². The second-order valence-electron chi connectivity index (χ2n) is 4.18. The number of carbonyl (C=O) groups excluding carboxylic acids is 1. The zero-order valence-electron chi connectivity index (χ0n) is 11.0. The molecule has 0 fully saturated rings. The predicted octanol–water partition coefficient (Wildman–Crippen LogP) is 3.53. The molecule has 0 aromatic heterocycles. The number of anilines is 2. The molecule has 5 nitrogen and oxygen atoms in total. The molecule has 0 radical (unpaired) electrons. The third-order valence-electron chi connectivity index (χ3n) is 2.75. The molecule has 0 aliphatic rings. The first-order valence-electron chi connectivity index (χ1n) is 6.12. The SMILES string of the molecule is C/C(=N\O)c1ccccc1NC(=O)Nc1ccccc1. The van der Waals surface area contributed by atoms with E-state index in [2.05, 4.69) is 15.8 Å². The second kappa shape index (κ2) is 6.38. The van der Waals surface area contributed by atoms with Gasteiger partial charge in [-0.05, 0) is 25.1 Å². The van der Waals surface area contributed by atoms with E-state index in [4.69, 9.17) is 5.21 Å². The maximum Gasteiger partial charge on any atom is 0.323 e. The number of oxime groups is 1. The highest BCUT2D eigenvalue weighted by Crippen LogP contribution is 2.16. The van der Waals surface area contributed by atoms with Gasteiger partial charge in [0.2, 0.25) is 0 Å². The predicted molar refractivity (Wildman–Crippen MR) is 79.5 cm³/mol. The van der Waals surface area contributed by atoms with E-state index in [-0.39, 0.29) is 6.03 Å². The summed E-state index contributed by atoms with van der Waals surface area (Å²) in [5.74, 6) is 0. The van der Waals surface area contributed by atoms with Gasteiger partial charge in [-0.25, -0.2) is 4.79 Å².